The first-order chi connectivity index (χ1) is 16.3. The third-order valence-corrected chi connectivity index (χ3v) is 6.13. The van der Waals surface area contributed by atoms with Crippen LogP contribution in [0.3, 0.4) is 0 Å². The summed E-state index contributed by atoms with van der Waals surface area (Å²) in [6, 6.07) is 17.3. The smallest absolute Gasteiger partial charge is 0.266 e. The summed E-state index contributed by atoms with van der Waals surface area (Å²) in [5.41, 5.74) is 2.50. The molecule has 0 unspecified atom stereocenters. The minimum absolute atomic E-state index is 0.0952. The number of nitrogens with one attached hydrogen (secondary N) is 1. The number of nitriles is 1. The van der Waals surface area contributed by atoms with Crippen LogP contribution in [0.5, 0.6) is 5.75 Å². The number of allylic oxidation sites excluding steroid dienone is 1. The van der Waals surface area contributed by atoms with Gasteiger partial charge < -0.3 is 10.1 Å². The van der Waals surface area contributed by atoms with Crippen molar-refractivity contribution in [1.29, 1.82) is 5.26 Å². The predicted molar refractivity (Wildman–Crippen MR) is 140 cm³/mol. The van der Waals surface area contributed by atoms with Gasteiger partial charge in [0.1, 0.15) is 24.0 Å². The second-order valence-electron chi connectivity index (χ2n) is 7.11. The molecule has 3 rings (SSSR count). The molecular weight excluding hydrogens is 514 g/mol. The maximum absolute atomic E-state index is 12.6. The van der Waals surface area contributed by atoms with Gasteiger partial charge in [-0.15, -0.1) is 6.58 Å². The van der Waals surface area contributed by atoms with Gasteiger partial charge in [0.2, 0.25) is 0 Å². The fraction of sp³-hybridized carbons (Fsp3) is 0.0769. The van der Waals surface area contributed by atoms with Crippen LogP contribution in [0.1, 0.15) is 16.7 Å². The summed E-state index contributed by atoms with van der Waals surface area (Å²) in [6.45, 7) is 4.04. The molecule has 0 spiro atoms. The van der Waals surface area contributed by atoms with E-state index in [1.165, 1.54) is 6.08 Å². The van der Waals surface area contributed by atoms with E-state index >= 15 is 0 Å². The van der Waals surface area contributed by atoms with Crippen LogP contribution in [-0.4, -0.2) is 5.91 Å². The van der Waals surface area contributed by atoms with Gasteiger partial charge in [0.15, 0.2) is 0 Å². The Morgan fingerprint density at radius 1 is 1.03 bits per heavy atom. The predicted octanol–water partition coefficient (Wildman–Crippen LogP) is 8.15. The van der Waals surface area contributed by atoms with E-state index in [1.807, 2.05) is 12.1 Å². The lowest BCUT2D eigenvalue weighted by molar-refractivity contribution is -0.112. The molecule has 0 atom stereocenters. The molecule has 8 heteroatoms. The number of amides is 1. The SMILES string of the molecule is C=CCc1cc(/C=C(/C#N)C(=O)Nc2cccc(Cl)c2Cl)ccc1OCc1ccc(Cl)cc1Cl. The van der Waals surface area contributed by atoms with Crippen molar-refractivity contribution in [2.75, 3.05) is 5.32 Å². The molecule has 0 aliphatic rings. The van der Waals surface area contributed by atoms with Crippen LogP contribution in [0.25, 0.3) is 6.08 Å². The van der Waals surface area contributed by atoms with Gasteiger partial charge >= 0.3 is 0 Å². The van der Waals surface area contributed by atoms with Crippen molar-refractivity contribution in [3.63, 3.8) is 0 Å². The number of carbonyl (C=O) groups excluding carboxylic acids is 1. The normalized spacial score (nSPS) is 11.0. The van der Waals surface area contributed by atoms with Gasteiger partial charge in [-0.25, -0.2) is 0 Å². The molecule has 0 saturated heterocycles. The van der Waals surface area contributed by atoms with E-state index < -0.39 is 5.91 Å². The number of hydrogen-bond acceptors (Lipinski definition) is 3. The summed E-state index contributed by atoms with van der Waals surface area (Å²) < 4.78 is 5.97. The Kier molecular flexibility index (Phi) is 9.04. The first-order valence-corrected chi connectivity index (χ1v) is 11.5. The molecule has 1 N–H and O–H groups in total. The molecule has 0 saturated carbocycles. The average molecular weight is 532 g/mol. The van der Waals surface area contributed by atoms with Crippen LogP contribution >= 0.6 is 46.4 Å². The standard InChI is InChI=1S/C26H18Cl4N2O2/c1-2-4-17-11-16(7-10-24(17)34-15-18-8-9-20(27)13-22(18)29)12-19(14-31)26(33)32-23-6-3-5-21(28)25(23)30/h2-3,5-13H,1,4,15H2,(H,32,33)/b19-12-. The maximum atomic E-state index is 12.6. The van der Waals surface area contributed by atoms with E-state index in [2.05, 4.69) is 11.9 Å². The monoisotopic (exact) mass is 530 g/mol. The third kappa shape index (κ3) is 6.56. The van der Waals surface area contributed by atoms with Crippen molar-refractivity contribution in [3.05, 3.63) is 110 Å². The number of benzene rings is 3. The zero-order valence-electron chi connectivity index (χ0n) is 17.7. The first-order valence-electron chi connectivity index (χ1n) is 10.00. The second kappa shape index (κ2) is 12.0. The van der Waals surface area contributed by atoms with Gasteiger partial charge in [0.05, 0.1) is 15.7 Å². The lowest BCUT2D eigenvalue weighted by Crippen LogP contribution is -2.13. The number of ether oxygens (including phenoxy) is 1. The Morgan fingerprint density at radius 3 is 2.53 bits per heavy atom. The molecule has 0 fully saturated rings. The minimum Gasteiger partial charge on any atom is -0.489 e. The summed E-state index contributed by atoms with van der Waals surface area (Å²) in [5, 5.41) is 13.7. The summed E-state index contributed by atoms with van der Waals surface area (Å²) >= 11 is 24.3. The summed E-state index contributed by atoms with van der Waals surface area (Å²) in [5.74, 6) is 0.0337. The molecular formula is C26H18Cl4N2O2. The molecule has 34 heavy (non-hydrogen) atoms. The van der Waals surface area contributed by atoms with E-state index in [9.17, 15) is 10.1 Å². The Labute approximate surface area is 218 Å². The van der Waals surface area contributed by atoms with Crippen molar-refractivity contribution in [3.8, 4) is 11.8 Å². The lowest BCUT2D eigenvalue weighted by Gasteiger charge is -2.13. The lowest BCUT2D eigenvalue weighted by atomic mass is 10.0. The van der Waals surface area contributed by atoms with Crippen molar-refractivity contribution in [2.24, 2.45) is 0 Å². The number of halogens is 4. The quantitative estimate of drug-likeness (QED) is 0.181. The van der Waals surface area contributed by atoms with Crippen LogP contribution in [0.4, 0.5) is 5.69 Å². The molecule has 3 aromatic carbocycles. The van der Waals surface area contributed by atoms with Crippen molar-refractivity contribution < 1.29 is 9.53 Å². The van der Waals surface area contributed by atoms with Crippen LogP contribution in [0, 0.1) is 11.3 Å². The fourth-order valence-electron chi connectivity index (χ4n) is 3.04. The van der Waals surface area contributed by atoms with Gasteiger partial charge in [0, 0.05) is 15.6 Å². The molecule has 1 amide bonds. The van der Waals surface area contributed by atoms with Gasteiger partial charge in [0.25, 0.3) is 5.91 Å². The Hall–Kier alpha value is -2.94. The summed E-state index contributed by atoms with van der Waals surface area (Å²) in [4.78, 5) is 12.6. The third-order valence-electron chi connectivity index (χ3n) is 4.72. The zero-order chi connectivity index (χ0) is 24.7. The van der Waals surface area contributed by atoms with Gasteiger partial charge in [-0.1, -0.05) is 70.7 Å². The molecule has 3 aromatic rings. The van der Waals surface area contributed by atoms with E-state index in [0.717, 1.165) is 11.1 Å². The van der Waals surface area contributed by atoms with Gasteiger partial charge in [-0.3, -0.25) is 4.79 Å². The molecule has 4 nitrogen and oxygen atoms in total. The van der Waals surface area contributed by atoms with Crippen molar-refractivity contribution in [2.45, 2.75) is 13.0 Å². The molecule has 0 aliphatic carbocycles. The summed E-state index contributed by atoms with van der Waals surface area (Å²) in [7, 11) is 0. The van der Waals surface area contributed by atoms with E-state index in [-0.39, 0.29) is 17.2 Å². The highest BCUT2D eigenvalue weighted by Gasteiger charge is 2.14. The van der Waals surface area contributed by atoms with Gasteiger partial charge in [-0.2, -0.15) is 5.26 Å². The number of hydrogen-bond donors (Lipinski definition) is 1. The van der Waals surface area contributed by atoms with Crippen LogP contribution in [-0.2, 0) is 17.8 Å². The number of carbonyl (C=O) groups is 1. The highest BCUT2D eigenvalue weighted by atomic mass is 35.5. The first kappa shape index (κ1) is 25.7. The minimum atomic E-state index is -0.602. The largest absolute Gasteiger partial charge is 0.489 e. The van der Waals surface area contributed by atoms with Crippen LogP contribution < -0.4 is 10.1 Å². The molecule has 0 bridgehead atoms. The van der Waals surface area contributed by atoms with Crippen LogP contribution in [0.15, 0.2) is 72.8 Å². The van der Waals surface area contributed by atoms with Crippen LogP contribution in [0.2, 0.25) is 20.1 Å². The molecule has 0 aromatic heterocycles. The Morgan fingerprint density at radius 2 is 1.82 bits per heavy atom. The average Bonchev–Trinajstić information content (AvgIpc) is 2.81. The Bertz CT molecular complexity index is 1310. The van der Waals surface area contributed by atoms with E-state index in [1.54, 1.807) is 54.6 Å². The van der Waals surface area contributed by atoms with Gasteiger partial charge in [-0.05, 0) is 60.0 Å². The van der Waals surface area contributed by atoms with E-state index in [4.69, 9.17) is 51.1 Å². The van der Waals surface area contributed by atoms with Crippen molar-refractivity contribution in [1.82, 2.24) is 0 Å². The molecule has 0 aliphatic heterocycles. The highest BCUT2D eigenvalue weighted by molar-refractivity contribution is 6.44. The molecule has 0 heterocycles. The van der Waals surface area contributed by atoms with Crippen molar-refractivity contribution >= 4 is 64.1 Å². The second-order valence-corrected chi connectivity index (χ2v) is 8.74. The Balaban J connectivity index is 1.82. The maximum Gasteiger partial charge on any atom is 0.266 e. The van der Waals surface area contributed by atoms with E-state index in [0.29, 0.717) is 38.5 Å². The number of anilines is 1. The highest BCUT2D eigenvalue weighted by Crippen LogP contribution is 2.30. The fourth-order valence-corrected chi connectivity index (χ4v) is 3.86. The topological polar surface area (TPSA) is 62.1 Å². The molecule has 172 valence electrons. The summed E-state index contributed by atoms with van der Waals surface area (Å²) in [6.07, 6.45) is 3.75. The zero-order valence-corrected chi connectivity index (χ0v) is 20.8. The molecule has 0 radical (unpaired) electrons. The number of nitrogens with zero attached hydrogens (tertiary/aromatic N) is 1. The number of rotatable bonds is 8.